The molecule has 0 amide bonds. The minimum atomic E-state index is 0. The number of aromatic hydroxyl groups is 1. The zero-order valence-electron chi connectivity index (χ0n) is 18.9. The van der Waals surface area contributed by atoms with E-state index in [-0.39, 0.29) is 26.8 Å². The third-order valence-corrected chi connectivity index (χ3v) is 5.79. The summed E-state index contributed by atoms with van der Waals surface area (Å²) in [6, 6.07) is 24.4. The summed E-state index contributed by atoms with van der Waals surface area (Å²) in [4.78, 5) is 15.4. The van der Waals surface area contributed by atoms with Crippen molar-refractivity contribution in [2.75, 3.05) is 19.0 Å². The zero-order chi connectivity index (χ0) is 23.2. The standard InChI is InChI=1S/C27H20N5O2.Pt/c1-31(2)21-11-12-24(33)26-20(21)10-13-25(30-26)34-17-8-9-19-18-6-3-4-7-22(18)32(23(19)16-17)27-28-14-5-15-29-27;/h3-15,33H,1-2H3;/q-1;. The van der Waals surface area contributed by atoms with E-state index in [9.17, 15) is 5.11 Å². The molecule has 0 fully saturated rings. The van der Waals surface area contributed by atoms with Gasteiger partial charge in [-0.2, -0.15) is 6.07 Å². The molecule has 6 aromatic rings. The summed E-state index contributed by atoms with van der Waals surface area (Å²) in [5.74, 6) is 1.54. The number of para-hydroxylation sites is 1. The van der Waals surface area contributed by atoms with Crippen LogP contribution in [0.2, 0.25) is 0 Å². The molecule has 0 saturated heterocycles. The van der Waals surface area contributed by atoms with Gasteiger partial charge in [-0.15, -0.1) is 17.5 Å². The number of ether oxygens (including phenoxy) is 1. The van der Waals surface area contributed by atoms with Gasteiger partial charge in [0, 0.05) is 76.0 Å². The molecule has 3 heterocycles. The average molecular weight is 642 g/mol. The first-order valence-corrected chi connectivity index (χ1v) is 10.8. The molecule has 8 heteroatoms. The Morgan fingerprint density at radius 2 is 1.63 bits per heavy atom. The number of hydrogen-bond acceptors (Lipinski definition) is 6. The summed E-state index contributed by atoms with van der Waals surface area (Å²) < 4.78 is 8.06. The van der Waals surface area contributed by atoms with Gasteiger partial charge in [-0.05, 0) is 35.7 Å². The van der Waals surface area contributed by atoms with E-state index in [0.29, 0.717) is 23.1 Å². The van der Waals surface area contributed by atoms with Crippen LogP contribution in [-0.2, 0) is 21.1 Å². The van der Waals surface area contributed by atoms with Crippen LogP contribution in [0.25, 0.3) is 38.7 Å². The number of fused-ring (bicyclic) bond motifs is 4. The second-order valence-corrected chi connectivity index (χ2v) is 8.13. The molecule has 0 aliphatic heterocycles. The molecule has 176 valence electrons. The largest absolute Gasteiger partial charge is 0.506 e. The first kappa shape index (κ1) is 22.8. The maximum absolute atomic E-state index is 10.4. The molecule has 0 atom stereocenters. The Morgan fingerprint density at radius 3 is 2.43 bits per heavy atom. The Kier molecular flexibility index (Phi) is 5.87. The predicted molar refractivity (Wildman–Crippen MR) is 133 cm³/mol. The van der Waals surface area contributed by atoms with E-state index in [1.807, 2.05) is 66.0 Å². The van der Waals surface area contributed by atoms with Gasteiger partial charge in [0.15, 0.2) is 0 Å². The number of phenols is 1. The number of pyridine rings is 1. The van der Waals surface area contributed by atoms with Crippen LogP contribution in [0.5, 0.6) is 17.4 Å². The quantitative estimate of drug-likeness (QED) is 0.257. The van der Waals surface area contributed by atoms with Gasteiger partial charge >= 0.3 is 0 Å². The fourth-order valence-electron chi connectivity index (χ4n) is 4.28. The van der Waals surface area contributed by atoms with Gasteiger partial charge in [0.25, 0.3) is 0 Å². The third kappa shape index (κ3) is 3.88. The summed E-state index contributed by atoms with van der Waals surface area (Å²) >= 11 is 0. The van der Waals surface area contributed by atoms with Crippen molar-refractivity contribution in [2.24, 2.45) is 0 Å². The smallest absolute Gasteiger partial charge is 0.232 e. The maximum Gasteiger partial charge on any atom is 0.232 e. The van der Waals surface area contributed by atoms with E-state index in [2.05, 4.69) is 27.1 Å². The molecule has 0 spiro atoms. The minimum absolute atomic E-state index is 0. The second kappa shape index (κ2) is 9.00. The van der Waals surface area contributed by atoms with Crippen LogP contribution in [0.4, 0.5) is 5.69 Å². The van der Waals surface area contributed by atoms with Crippen molar-refractivity contribution in [1.82, 2.24) is 19.5 Å². The maximum atomic E-state index is 10.4. The van der Waals surface area contributed by atoms with Crippen molar-refractivity contribution in [1.29, 1.82) is 0 Å². The molecule has 3 aromatic carbocycles. The molecule has 0 radical (unpaired) electrons. The molecule has 0 saturated carbocycles. The van der Waals surface area contributed by atoms with E-state index in [0.717, 1.165) is 32.9 Å². The number of rotatable bonds is 4. The normalized spacial score (nSPS) is 11.0. The van der Waals surface area contributed by atoms with Crippen molar-refractivity contribution >= 4 is 38.4 Å². The molecule has 35 heavy (non-hydrogen) atoms. The summed E-state index contributed by atoms with van der Waals surface area (Å²) in [5.41, 5.74) is 3.24. The average Bonchev–Trinajstić information content (AvgIpc) is 3.18. The van der Waals surface area contributed by atoms with Crippen molar-refractivity contribution < 1.29 is 30.9 Å². The van der Waals surface area contributed by atoms with Crippen LogP contribution in [-0.4, -0.2) is 38.7 Å². The number of benzene rings is 3. The molecule has 0 aliphatic carbocycles. The monoisotopic (exact) mass is 641 g/mol. The Hall–Kier alpha value is -3.96. The van der Waals surface area contributed by atoms with Crippen LogP contribution >= 0.6 is 0 Å². The van der Waals surface area contributed by atoms with E-state index in [4.69, 9.17) is 4.74 Å². The summed E-state index contributed by atoms with van der Waals surface area (Å²) in [6.45, 7) is 0. The Bertz CT molecular complexity index is 1680. The fourth-order valence-corrected chi connectivity index (χ4v) is 4.28. The summed E-state index contributed by atoms with van der Waals surface area (Å²) in [5, 5.41) is 13.3. The minimum Gasteiger partial charge on any atom is -0.506 e. The van der Waals surface area contributed by atoms with Crippen LogP contribution in [0.3, 0.4) is 0 Å². The molecule has 0 bridgehead atoms. The molecule has 0 unspecified atom stereocenters. The predicted octanol–water partition coefficient (Wildman–Crippen LogP) is 5.48. The molecular weight excluding hydrogens is 621 g/mol. The summed E-state index contributed by atoms with van der Waals surface area (Å²) in [6.07, 6.45) is 3.44. The van der Waals surface area contributed by atoms with Crippen molar-refractivity contribution in [3.63, 3.8) is 0 Å². The molecule has 7 nitrogen and oxygen atoms in total. The third-order valence-electron chi connectivity index (χ3n) is 5.79. The van der Waals surface area contributed by atoms with E-state index in [1.54, 1.807) is 30.6 Å². The summed E-state index contributed by atoms with van der Waals surface area (Å²) in [7, 11) is 3.91. The molecule has 3 aromatic heterocycles. The van der Waals surface area contributed by atoms with Gasteiger partial charge < -0.3 is 19.3 Å². The Balaban J connectivity index is 0.00000253. The number of anilines is 1. The topological polar surface area (TPSA) is 76.3 Å². The zero-order valence-corrected chi connectivity index (χ0v) is 21.2. The van der Waals surface area contributed by atoms with Crippen molar-refractivity contribution in [3.8, 4) is 23.3 Å². The van der Waals surface area contributed by atoms with Gasteiger partial charge in [-0.1, -0.05) is 23.7 Å². The fraction of sp³-hybridized carbons (Fsp3) is 0.0741. The number of aromatic nitrogens is 4. The van der Waals surface area contributed by atoms with Gasteiger partial charge in [0.05, 0.1) is 0 Å². The van der Waals surface area contributed by atoms with Crippen LogP contribution in [0, 0.1) is 6.07 Å². The number of nitrogens with zero attached hydrogens (tertiary/aromatic N) is 5. The Labute approximate surface area is 215 Å². The van der Waals surface area contributed by atoms with Crippen LogP contribution in [0.1, 0.15) is 0 Å². The Morgan fingerprint density at radius 1 is 0.857 bits per heavy atom. The van der Waals surface area contributed by atoms with Crippen LogP contribution in [0.15, 0.2) is 79.1 Å². The number of hydrogen-bond donors (Lipinski definition) is 1. The SMILES string of the molecule is CN(C)c1ccc(O)c2nc(Oc3[c-]c4c(cc3)c3ccccc3n4-c3ncccn3)ccc12.[Pt]. The molecular formula is C27H20N5O2Pt-. The van der Waals surface area contributed by atoms with E-state index < -0.39 is 0 Å². The van der Waals surface area contributed by atoms with Gasteiger partial charge in [-0.25, -0.2) is 15.0 Å². The van der Waals surface area contributed by atoms with Crippen molar-refractivity contribution in [2.45, 2.75) is 0 Å². The first-order chi connectivity index (χ1) is 16.6. The molecule has 0 aliphatic rings. The van der Waals surface area contributed by atoms with E-state index in [1.165, 1.54) is 0 Å². The van der Waals surface area contributed by atoms with E-state index >= 15 is 0 Å². The van der Waals surface area contributed by atoms with Crippen LogP contribution < -0.4 is 9.64 Å². The van der Waals surface area contributed by atoms with Crippen molar-refractivity contribution in [3.05, 3.63) is 85.2 Å². The van der Waals surface area contributed by atoms with Gasteiger partial charge in [0.2, 0.25) is 11.8 Å². The molecule has 6 rings (SSSR count). The second-order valence-electron chi connectivity index (χ2n) is 8.13. The first-order valence-electron chi connectivity index (χ1n) is 10.8. The number of phenolic OH excluding ortho intramolecular Hbond substituents is 1. The molecule has 1 N–H and O–H groups in total. The van der Waals surface area contributed by atoms with Gasteiger partial charge in [0.1, 0.15) is 11.3 Å². The van der Waals surface area contributed by atoms with Gasteiger partial charge in [-0.3, -0.25) is 0 Å².